The van der Waals surface area contributed by atoms with Crippen molar-refractivity contribution in [3.63, 3.8) is 0 Å². The van der Waals surface area contributed by atoms with Gasteiger partial charge in [-0.2, -0.15) is 5.26 Å². The average molecular weight is 379 g/mol. The zero-order valence-corrected chi connectivity index (χ0v) is 14.4. The van der Waals surface area contributed by atoms with Crippen LogP contribution in [0.25, 0.3) is 0 Å². The number of amides is 2. The molecule has 0 heterocycles. The third-order valence-corrected chi connectivity index (χ3v) is 3.97. The molecule has 25 heavy (non-hydrogen) atoms. The Hall–Kier alpha value is -2.82. The number of non-ortho nitro benzene ring substituents is 1. The molecule has 0 saturated heterocycles. The average Bonchev–Trinajstić information content (AvgIpc) is 2.57. The van der Waals surface area contributed by atoms with Crippen LogP contribution in [0.15, 0.2) is 42.5 Å². The minimum atomic E-state index is -1.39. The Morgan fingerprint density at radius 3 is 2.40 bits per heavy atom. The molecule has 2 amide bonds. The largest absolute Gasteiger partial charge is 0.320 e. The topological polar surface area (TPSA) is 108 Å². The van der Waals surface area contributed by atoms with Gasteiger partial charge in [0.05, 0.1) is 21.7 Å². The van der Waals surface area contributed by atoms with E-state index in [2.05, 4.69) is 10.6 Å². The second kappa shape index (κ2) is 7.38. The molecule has 2 aromatic rings. The van der Waals surface area contributed by atoms with Crippen LogP contribution >= 0.6 is 23.2 Å². The molecule has 2 N–H and O–H groups in total. The highest BCUT2D eigenvalue weighted by Crippen LogP contribution is 2.26. The molecule has 0 radical (unpaired) electrons. The van der Waals surface area contributed by atoms with Crippen molar-refractivity contribution in [2.24, 2.45) is 0 Å². The van der Waals surface area contributed by atoms with Gasteiger partial charge < -0.3 is 10.6 Å². The highest BCUT2D eigenvalue weighted by molar-refractivity contribution is 6.36. The number of urea groups is 1. The lowest BCUT2D eigenvalue weighted by molar-refractivity contribution is -0.384. The van der Waals surface area contributed by atoms with Gasteiger partial charge in [0, 0.05) is 17.2 Å². The van der Waals surface area contributed by atoms with E-state index in [9.17, 15) is 20.2 Å². The molecule has 1 unspecified atom stereocenters. The summed E-state index contributed by atoms with van der Waals surface area (Å²) in [5.41, 5.74) is -0.773. The fourth-order valence-corrected chi connectivity index (χ4v) is 2.51. The molecular formula is C16H12Cl2N4O3. The van der Waals surface area contributed by atoms with Gasteiger partial charge in [0.15, 0.2) is 5.54 Å². The second-order valence-electron chi connectivity index (χ2n) is 5.24. The van der Waals surface area contributed by atoms with E-state index in [4.69, 9.17) is 23.2 Å². The number of benzene rings is 2. The van der Waals surface area contributed by atoms with Crippen molar-refractivity contribution in [3.8, 4) is 6.07 Å². The number of nitrogens with zero attached hydrogens (tertiary/aromatic N) is 2. The molecule has 0 fully saturated rings. The van der Waals surface area contributed by atoms with Gasteiger partial charge in [-0.25, -0.2) is 4.79 Å². The summed E-state index contributed by atoms with van der Waals surface area (Å²) >= 11 is 11.8. The van der Waals surface area contributed by atoms with Crippen molar-refractivity contribution in [1.82, 2.24) is 5.32 Å². The van der Waals surface area contributed by atoms with Crippen molar-refractivity contribution < 1.29 is 9.72 Å². The van der Waals surface area contributed by atoms with Crippen molar-refractivity contribution >= 4 is 40.6 Å². The number of nitriles is 1. The quantitative estimate of drug-likeness (QED) is 0.604. The SMILES string of the molecule is CC(C#N)(NC(=O)Nc1ccc(Cl)cc1Cl)c1ccc([N+](=O)[O-])cc1. The summed E-state index contributed by atoms with van der Waals surface area (Å²) in [5, 5.41) is 25.9. The van der Waals surface area contributed by atoms with Crippen LogP contribution < -0.4 is 10.6 Å². The van der Waals surface area contributed by atoms with Crippen molar-refractivity contribution in [2.45, 2.75) is 12.5 Å². The molecule has 0 bridgehead atoms. The maximum Gasteiger partial charge on any atom is 0.320 e. The first kappa shape index (κ1) is 18.5. The molecule has 2 rings (SSSR count). The van der Waals surface area contributed by atoms with Crippen LogP contribution in [0.1, 0.15) is 12.5 Å². The number of nitro groups is 1. The Bertz CT molecular complexity index is 865. The minimum Gasteiger partial charge on any atom is -0.316 e. The molecule has 0 aliphatic rings. The summed E-state index contributed by atoms with van der Waals surface area (Å²) in [7, 11) is 0. The summed E-state index contributed by atoms with van der Waals surface area (Å²) in [6, 6.07) is 11.2. The molecular weight excluding hydrogens is 367 g/mol. The smallest absolute Gasteiger partial charge is 0.316 e. The molecule has 0 aromatic heterocycles. The van der Waals surface area contributed by atoms with Gasteiger partial charge >= 0.3 is 6.03 Å². The Labute approximate surface area is 153 Å². The Kier molecular flexibility index (Phi) is 5.47. The highest BCUT2D eigenvalue weighted by atomic mass is 35.5. The first-order valence-electron chi connectivity index (χ1n) is 6.95. The van der Waals surface area contributed by atoms with Crippen molar-refractivity contribution in [2.75, 3.05) is 5.32 Å². The highest BCUT2D eigenvalue weighted by Gasteiger charge is 2.29. The van der Waals surface area contributed by atoms with Crippen LogP contribution in [-0.2, 0) is 5.54 Å². The summed E-state index contributed by atoms with van der Waals surface area (Å²) in [6.45, 7) is 1.48. The number of anilines is 1. The van der Waals surface area contributed by atoms with E-state index in [1.807, 2.05) is 6.07 Å². The number of hydrogen-bond acceptors (Lipinski definition) is 4. The number of nitro benzene ring substituents is 1. The van der Waals surface area contributed by atoms with Crippen LogP contribution in [0.2, 0.25) is 10.0 Å². The third kappa shape index (κ3) is 4.38. The fourth-order valence-electron chi connectivity index (χ4n) is 2.05. The lowest BCUT2D eigenvalue weighted by Crippen LogP contribution is -2.44. The number of nitrogens with one attached hydrogen (secondary N) is 2. The second-order valence-corrected chi connectivity index (χ2v) is 6.09. The molecule has 2 aromatic carbocycles. The normalized spacial score (nSPS) is 12.6. The van der Waals surface area contributed by atoms with E-state index in [-0.39, 0.29) is 10.7 Å². The zero-order valence-electron chi connectivity index (χ0n) is 12.9. The molecule has 7 nitrogen and oxygen atoms in total. The summed E-state index contributed by atoms with van der Waals surface area (Å²) in [5.74, 6) is 0. The summed E-state index contributed by atoms with van der Waals surface area (Å²) in [6.07, 6.45) is 0. The maximum atomic E-state index is 12.2. The minimum absolute atomic E-state index is 0.110. The predicted octanol–water partition coefficient (Wildman–Crippen LogP) is 4.46. The number of rotatable bonds is 4. The van der Waals surface area contributed by atoms with Gasteiger partial charge in [-0.1, -0.05) is 23.2 Å². The van der Waals surface area contributed by atoms with E-state index in [1.54, 1.807) is 6.07 Å². The van der Waals surface area contributed by atoms with Crippen molar-refractivity contribution in [1.29, 1.82) is 5.26 Å². The first-order chi connectivity index (χ1) is 11.7. The monoisotopic (exact) mass is 378 g/mol. The van der Waals surface area contributed by atoms with Gasteiger partial charge in [0.2, 0.25) is 0 Å². The maximum absolute atomic E-state index is 12.2. The standard InChI is InChI=1S/C16H12Cl2N4O3/c1-16(9-19,10-2-5-12(6-3-10)22(24)25)21-15(23)20-14-7-4-11(17)8-13(14)18/h2-8H,1H3,(H2,20,21,23). The molecule has 0 aliphatic heterocycles. The van der Waals surface area contributed by atoms with E-state index in [1.165, 1.54) is 43.3 Å². The molecule has 1 atom stereocenters. The summed E-state index contributed by atoms with van der Waals surface area (Å²) in [4.78, 5) is 22.4. The lowest BCUT2D eigenvalue weighted by atomic mass is 9.93. The van der Waals surface area contributed by atoms with E-state index < -0.39 is 16.5 Å². The number of halogens is 2. The van der Waals surface area contributed by atoms with E-state index in [0.717, 1.165) is 0 Å². The van der Waals surface area contributed by atoms with E-state index in [0.29, 0.717) is 16.3 Å². The van der Waals surface area contributed by atoms with Crippen LogP contribution in [0.5, 0.6) is 0 Å². The third-order valence-electron chi connectivity index (χ3n) is 3.42. The van der Waals surface area contributed by atoms with Gasteiger partial charge in [-0.05, 0) is 42.8 Å². The fraction of sp³-hybridized carbons (Fsp3) is 0.125. The Morgan fingerprint density at radius 2 is 1.88 bits per heavy atom. The first-order valence-corrected chi connectivity index (χ1v) is 7.71. The Balaban J connectivity index is 2.18. The van der Waals surface area contributed by atoms with E-state index >= 15 is 0 Å². The number of hydrogen-bond donors (Lipinski definition) is 2. The number of carbonyl (C=O) groups is 1. The zero-order chi connectivity index (χ0) is 18.6. The molecule has 0 saturated carbocycles. The Morgan fingerprint density at radius 1 is 1.24 bits per heavy atom. The lowest BCUT2D eigenvalue weighted by Gasteiger charge is -2.24. The molecule has 128 valence electrons. The summed E-state index contributed by atoms with van der Waals surface area (Å²) < 4.78 is 0. The van der Waals surface area contributed by atoms with Crippen LogP contribution in [-0.4, -0.2) is 11.0 Å². The van der Waals surface area contributed by atoms with Crippen LogP contribution in [0, 0.1) is 21.4 Å². The van der Waals surface area contributed by atoms with Gasteiger partial charge in [0.1, 0.15) is 0 Å². The van der Waals surface area contributed by atoms with Crippen LogP contribution in [0.3, 0.4) is 0 Å². The van der Waals surface area contributed by atoms with Crippen LogP contribution in [0.4, 0.5) is 16.2 Å². The molecule has 0 spiro atoms. The molecule has 9 heteroatoms. The van der Waals surface area contributed by atoms with Crippen molar-refractivity contribution in [3.05, 3.63) is 68.2 Å². The molecule has 0 aliphatic carbocycles. The predicted molar refractivity (Wildman–Crippen MR) is 94.7 cm³/mol. The van der Waals surface area contributed by atoms with Gasteiger partial charge in [0.25, 0.3) is 5.69 Å². The number of carbonyl (C=O) groups excluding carboxylic acids is 1. The van der Waals surface area contributed by atoms with Gasteiger partial charge in [-0.3, -0.25) is 10.1 Å². The van der Waals surface area contributed by atoms with Gasteiger partial charge in [-0.15, -0.1) is 0 Å².